The molecule has 1 saturated carbocycles. The number of carboxylic acids is 1. The van der Waals surface area contributed by atoms with Gasteiger partial charge in [-0.1, -0.05) is 48.9 Å². The van der Waals surface area contributed by atoms with Crippen molar-refractivity contribution in [3.05, 3.63) is 65.7 Å². The van der Waals surface area contributed by atoms with Gasteiger partial charge in [0.05, 0.1) is 18.1 Å². The van der Waals surface area contributed by atoms with Crippen LogP contribution < -0.4 is 10.1 Å². The lowest BCUT2D eigenvalue weighted by Crippen LogP contribution is -2.43. The number of ether oxygens (including phenoxy) is 1. The molecule has 0 aromatic heterocycles. The maximum Gasteiger partial charge on any atom is 0.310 e. The first-order valence-electron chi connectivity index (χ1n) is 9.34. The van der Waals surface area contributed by atoms with Gasteiger partial charge in [-0.3, -0.25) is 9.59 Å². The van der Waals surface area contributed by atoms with E-state index < -0.39 is 11.4 Å². The standard InChI is InChI=1S/C22H25NO4/c1-2-27-18-11-9-17(10-12-18)20(16-7-4-3-5-8-16)23-19(24)15-22(21(25)26)13-6-14-22/h3-5,7-12,20H,2,6,13-15H2,1H3,(H,23,24)(H,25,26). The zero-order chi connectivity index (χ0) is 19.3. The van der Waals surface area contributed by atoms with Crippen LogP contribution in [0.2, 0.25) is 0 Å². The number of benzene rings is 2. The van der Waals surface area contributed by atoms with Gasteiger partial charge >= 0.3 is 5.97 Å². The molecule has 1 fully saturated rings. The lowest BCUT2D eigenvalue weighted by Gasteiger charge is -2.37. The van der Waals surface area contributed by atoms with E-state index in [0.29, 0.717) is 19.4 Å². The van der Waals surface area contributed by atoms with Crippen LogP contribution in [0.1, 0.15) is 49.8 Å². The number of hydrogen-bond donors (Lipinski definition) is 2. The molecule has 2 aromatic carbocycles. The second-order valence-corrected chi connectivity index (χ2v) is 7.03. The molecule has 27 heavy (non-hydrogen) atoms. The Morgan fingerprint density at radius 2 is 1.70 bits per heavy atom. The van der Waals surface area contributed by atoms with E-state index in [1.165, 1.54) is 0 Å². The highest BCUT2D eigenvalue weighted by molar-refractivity contribution is 5.86. The second-order valence-electron chi connectivity index (χ2n) is 7.03. The summed E-state index contributed by atoms with van der Waals surface area (Å²) in [5.41, 5.74) is 0.980. The average Bonchev–Trinajstić information content (AvgIpc) is 2.64. The molecule has 1 atom stereocenters. The number of carboxylic acid groups (broad SMARTS) is 1. The summed E-state index contributed by atoms with van der Waals surface area (Å²) in [5, 5.41) is 12.5. The molecule has 3 rings (SSSR count). The van der Waals surface area contributed by atoms with E-state index in [9.17, 15) is 14.7 Å². The number of amides is 1. The first-order valence-corrected chi connectivity index (χ1v) is 9.34. The van der Waals surface area contributed by atoms with E-state index in [2.05, 4.69) is 5.32 Å². The summed E-state index contributed by atoms with van der Waals surface area (Å²) in [5.74, 6) is -0.334. The fourth-order valence-electron chi connectivity index (χ4n) is 3.52. The lowest BCUT2D eigenvalue weighted by atomic mass is 9.66. The third kappa shape index (κ3) is 4.30. The Labute approximate surface area is 159 Å². The maximum absolute atomic E-state index is 12.7. The summed E-state index contributed by atoms with van der Waals surface area (Å²) in [6.07, 6.45) is 2.01. The molecule has 5 nitrogen and oxygen atoms in total. The molecule has 0 spiro atoms. The van der Waals surface area contributed by atoms with Crippen LogP contribution in [0, 0.1) is 5.41 Å². The van der Waals surface area contributed by atoms with E-state index in [-0.39, 0.29) is 18.4 Å². The van der Waals surface area contributed by atoms with Crippen molar-refractivity contribution in [2.75, 3.05) is 6.61 Å². The van der Waals surface area contributed by atoms with Crippen molar-refractivity contribution >= 4 is 11.9 Å². The number of carbonyl (C=O) groups is 2. The van der Waals surface area contributed by atoms with Crippen molar-refractivity contribution in [1.82, 2.24) is 5.32 Å². The monoisotopic (exact) mass is 367 g/mol. The third-order valence-electron chi connectivity index (χ3n) is 5.23. The van der Waals surface area contributed by atoms with E-state index >= 15 is 0 Å². The van der Waals surface area contributed by atoms with Gasteiger partial charge < -0.3 is 15.2 Å². The van der Waals surface area contributed by atoms with Crippen LogP contribution in [0.4, 0.5) is 0 Å². The second kappa shape index (κ2) is 8.25. The smallest absolute Gasteiger partial charge is 0.310 e. The minimum absolute atomic E-state index is 0.0166. The number of hydrogen-bond acceptors (Lipinski definition) is 3. The van der Waals surface area contributed by atoms with Crippen LogP contribution in [0.5, 0.6) is 5.75 Å². The molecule has 0 bridgehead atoms. The third-order valence-corrected chi connectivity index (χ3v) is 5.23. The minimum atomic E-state index is -0.899. The molecule has 0 heterocycles. The molecule has 0 saturated heterocycles. The topological polar surface area (TPSA) is 75.6 Å². The van der Waals surface area contributed by atoms with Crippen molar-refractivity contribution in [2.45, 2.75) is 38.6 Å². The number of aliphatic carboxylic acids is 1. The largest absolute Gasteiger partial charge is 0.494 e. The average molecular weight is 367 g/mol. The molecule has 0 radical (unpaired) electrons. The normalized spacial score (nSPS) is 16.0. The zero-order valence-electron chi connectivity index (χ0n) is 15.5. The summed E-state index contributed by atoms with van der Waals surface area (Å²) in [4.78, 5) is 24.3. The first kappa shape index (κ1) is 19.0. The van der Waals surface area contributed by atoms with Crippen LogP contribution in [0.25, 0.3) is 0 Å². The fourth-order valence-corrected chi connectivity index (χ4v) is 3.52. The van der Waals surface area contributed by atoms with Crippen LogP contribution >= 0.6 is 0 Å². The predicted molar refractivity (Wildman–Crippen MR) is 103 cm³/mol. The molecular formula is C22H25NO4. The Morgan fingerprint density at radius 1 is 1.07 bits per heavy atom. The van der Waals surface area contributed by atoms with Crippen molar-refractivity contribution in [2.24, 2.45) is 5.41 Å². The van der Waals surface area contributed by atoms with Gasteiger partial charge in [0.15, 0.2) is 0 Å². The van der Waals surface area contributed by atoms with Gasteiger partial charge in [-0.25, -0.2) is 0 Å². The summed E-state index contributed by atoms with van der Waals surface area (Å²) in [6.45, 7) is 2.52. The maximum atomic E-state index is 12.7. The van der Waals surface area contributed by atoms with E-state index in [0.717, 1.165) is 23.3 Å². The Bertz CT molecular complexity index is 782. The highest BCUT2D eigenvalue weighted by Gasteiger charge is 2.46. The van der Waals surface area contributed by atoms with Gasteiger partial charge in [-0.05, 0) is 43.0 Å². The number of rotatable bonds is 8. The zero-order valence-corrected chi connectivity index (χ0v) is 15.5. The summed E-state index contributed by atoms with van der Waals surface area (Å²) >= 11 is 0. The molecule has 1 unspecified atom stereocenters. The molecular weight excluding hydrogens is 342 g/mol. The summed E-state index contributed by atoms with van der Waals surface area (Å²) < 4.78 is 5.49. The minimum Gasteiger partial charge on any atom is -0.494 e. The molecule has 1 amide bonds. The summed E-state index contributed by atoms with van der Waals surface area (Å²) in [7, 11) is 0. The van der Waals surface area contributed by atoms with Crippen molar-refractivity contribution in [3.63, 3.8) is 0 Å². The Hall–Kier alpha value is -2.82. The molecule has 1 aliphatic carbocycles. The van der Waals surface area contributed by atoms with Gasteiger partial charge in [0.1, 0.15) is 5.75 Å². The van der Waals surface area contributed by atoms with Gasteiger partial charge in [-0.2, -0.15) is 0 Å². The molecule has 1 aliphatic rings. The van der Waals surface area contributed by atoms with E-state index in [1.54, 1.807) is 0 Å². The van der Waals surface area contributed by atoms with Crippen LogP contribution in [0.15, 0.2) is 54.6 Å². The SMILES string of the molecule is CCOc1ccc(C(NC(=O)CC2(C(=O)O)CCC2)c2ccccc2)cc1. The van der Waals surface area contributed by atoms with E-state index in [1.807, 2.05) is 61.5 Å². The first-order chi connectivity index (χ1) is 13.0. The van der Waals surface area contributed by atoms with Gasteiger partial charge in [0, 0.05) is 6.42 Å². The highest BCUT2D eigenvalue weighted by atomic mass is 16.5. The predicted octanol–water partition coefficient (Wildman–Crippen LogP) is 3.94. The Kier molecular flexibility index (Phi) is 5.79. The molecule has 2 aromatic rings. The highest BCUT2D eigenvalue weighted by Crippen LogP contribution is 2.44. The number of carbonyl (C=O) groups excluding carboxylic acids is 1. The number of nitrogens with one attached hydrogen (secondary N) is 1. The van der Waals surface area contributed by atoms with Gasteiger partial charge in [0.2, 0.25) is 5.91 Å². The van der Waals surface area contributed by atoms with E-state index in [4.69, 9.17) is 4.74 Å². The van der Waals surface area contributed by atoms with Crippen molar-refractivity contribution in [3.8, 4) is 5.75 Å². The molecule has 142 valence electrons. The van der Waals surface area contributed by atoms with Gasteiger partial charge in [-0.15, -0.1) is 0 Å². The molecule has 2 N–H and O–H groups in total. The Morgan fingerprint density at radius 3 is 2.22 bits per heavy atom. The van der Waals surface area contributed by atoms with Crippen molar-refractivity contribution < 1.29 is 19.4 Å². The Balaban J connectivity index is 1.80. The lowest BCUT2D eigenvalue weighted by molar-refractivity contribution is -0.157. The van der Waals surface area contributed by atoms with Crippen LogP contribution in [-0.4, -0.2) is 23.6 Å². The quantitative estimate of drug-likeness (QED) is 0.741. The van der Waals surface area contributed by atoms with Crippen LogP contribution in [-0.2, 0) is 9.59 Å². The fraction of sp³-hybridized carbons (Fsp3) is 0.364. The molecule has 0 aliphatic heterocycles. The van der Waals surface area contributed by atoms with Crippen LogP contribution in [0.3, 0.4) is 0 Å². The van der Waals surface area contributed by atoms with Crippen molar-refractivity contribution in [1.29, 1.82) is 0 Å². The van der Waals surface area contributed by atoms with Gasteiger partial charge in [0.25, 0.3) is 0 Å². The molecule has 5 heteroatoms. The summed E-state index contributed by atoms with van der Waals surface area (Å²) in [6, 6.07) is 17.0.